The van der Waals surface area contributed by atoms with Crippen molar-refractivity contribution in [3.63, 3.8) is 0 Å². The van der Waals surface area contributed by atoms with E-state index < -0.39 is 17.6 Å². The summed E-state index contributed by atoms with van der Waals surface area (Å²) in [6.07, 6.45) is 0.497. The topological polar surface area (TPSA) is 38.0 Å². The second kappa shape index (κ2) is 6.10. The molecule has 0 amide bonds. The van der Waals surface area contributed by atoms with Gasteiger partial charge in [0.15, 0.2) is 0 Å². The summed E-state index contributed by atoms with van der Waals surface area (Å²) >= 11 is 0. The van der Waals surface area contributed by atoms with E-state index in [-0.39, 0.29) is 36.8 Å². The molecule has 1 fully saturated rings. The summed E-state index contributed by atoms with van der Waals surface area (Å²) in [7, 11) is 0. The largest absolute Gasteiger partial charge is 0.271 e. The lowest BCUT2D eigenvalue weighted by atomic mass is 9.80. The highest BCUT2D eigenvalue weighted by Crippen LogP contribution is 2.38. The van der Waals surface area contributed by atoms with E-state index in [1.54, 1.807) is 0 Å². The van der Waals surface area contributed by atoms with Gasteiger partial charge >= 0.3 is 0 Å². The van der Waals surface area contributed by atoms with Gasteiger partial charge in [-0.15, -0.1) is 0 Å². The van der Waals surface area contributed by atoms with Crippen molar-refractivity contribution in [1.82, 2.24) is 5.43 Å². The second-order valence-electron chi connectivity index (χ2n) is 5.41. The third-order valence-corrected chi connectivity index (χ3v) is 3.99. The van der Waals surface area contributed by atoms with E-state index in [4.69, 9.17) is 5.84 Å². The lowest BCUT2D eigenvalue weighted by molar-refractivity contribution is -0.0495. The average Bonchev–Trinajstić information content (AvgIpc) is 2.40. The Hall–Kier alpha value is -1.14. The van der Waals surface area contributed by atoms with Crippen LogP contribution < -0.4 is 11.3 Å². The second-order valence-corrected chi connectivity index (χ2v) is 5.41. The van der Waals surface area contributed by atoms with Gasteiger partial charge in [-0.1, -0.05) is 0 Å². The van der Waals surface area contributed by atoms with Crippen LogP contribution in [0.4, 0.5) is 17.6 Å². The molecular weight excluding hydrogens is 272 g/mol. The Morgan fingerprint density at radius 3 is 2.50 bits per heavy atom. The lowest BCUT2D eigenvalue weighted by Crippen LogP contribution is -2.45. The SMILES string of the molecule is NNC(Cc1cc(F)ccc1F)C1CCC(F)(F)CC1. The molecule has 0 heterocycles. The van der Waals surface area contributed by atoms with E-state index in [2.05, 4.69) is 5.43 Å². The van der Waals surface area contributed by atoms with Crippen LogP contribution >= 0.6 is 0 Å². The van der Waals surface area contributed by atoms with Crippen LogP contribution in [0.25, 0.3) is 0 Å². The number of nitrogens with one attached hydrogen (secondary N) is 1. The van der Waals surface area contributed by atoms with E-state index in [1.807, 2.05) is 0 Å². The molecule has 1 unspecified atom stereocenters. The van der Waals surface area contributed by atoms with Crippen molar-refractivity contribution < 1.29 is 17.6 Å². The standard InChI is InChI=1S/C14H18F4N2/c15-11-1-2-12(16)10(7-11)8-13(20-19)9-3-5-14(17,18)6-4-9/h1-2,7,9,13,20H,3-6,8,19H2. The van der Waals surface area contributed by atoms with Crippen molar-refractivity contribution in [1.29, 1.82) is 0 Å². The average molecular weight is 290 g/mol. The first-order valence-electron chi connectivity index (χ1n) is 6.69. The van der Waals surface area contributed by atoms with E-state index >= 15 is 0 Å². The molecule has 0 aliphatic heterocycles. The maximum absolute atomic E-state index is 13.6. The molecule has 1 saturated carbocycles. The molecule has 0 spiro atoms. The number of benzene rings is 1. The van der Waals surface area contributed by atoms with Crippen molar-refractivity contribution in [2.75, 3.05) is 0 Å². The minimum Gasteiger partial charge on any atom is -0.271 e. The molecule has 0 aromatic heterocycles. The molecule has 1 aliphatic rings. The molecule has 1 atom stereocenters. The van der Waals surface area contributed by atoms with Crippen molar-refractivity contribution in [3.05, 3.63) is 35.4 Å². The number of alkyl halides is 2. The first-order chi connectivity index (χ1) is 9.41. The van der Waals surface area contributed by atoms with Gasteiger partial charge in [-0.05, 0) is 48.9 Å². The summed E-state index contributed by atoms with van der Waals surface area (Å²) in [4.78, 5) is 0. The minimum atomic E-state index is -2.61. The predicted molar refractivity (Wildman–Crippen MR) is 68.1 cm³/mol. The molecule has 0 bridgehead atoms. The Kier molecular flexibility index (Phi) is 4.65. The highest BCUT2D eigenvalue weighted by molar-refractivity contribution is 5.20. The molecule has 0 saturated heterocycles. The van der Waals surface area contributed by atoms with E-state index in [9.17, 15) is 17.6 Å². The van der Waals surface area contributed by atoms with E-state index in [0.717, 1.165) is 18.2 Å². The number of hydrogen-bond acceptors (Lipinski definition) is 2. The van der Waals surface area contributed by atoms with Gasteiger partial charge in [-0.2, -0.15) is 0 Å². The van der Waals surface area contributed by atoms with E-state index in [1.165, 1.54) is 0 Å². The third kappa shape index (κ3) is 3.70. The van der Waals surface area contributed by atoms with Crippen LogP contribution in [-0.2, 0) is 6.42 Å². The van der Waals surface area contributed by atoms with Crippen LogP contribution in [-0.4, -0.2) is 12.0 Å². The summed E-state index contributed by atoms with van der Waals surface area (Å²) in [6, 6.07) is 2.90. The fraction of sp³-hybridized carbons (Fsp3) is 0.571. The van der Waals surface area contributed by atoms with Crippen LogP contribution in [0.15, 0.2) is 18.2 Å². The first-order valence-corrected chi connectivity index (χ1v) is 6.69. The minimum absolute atomic E-state index is 0.0534. The maximum Gasteiger partial charge on any atom is 0.248 e. The van der Waals surface area contributed by atoms with Gasteiger partial charge in [0.25, 0.3) is 0 Å². The Morgan fingerprint density at radius 1 is 1.25 bits per heavy atom. The zero-order valence-corrected chi connectivity index (χ0v) is 11.0. The van der Waals surface area contributed by atoms with Crippen molar-refractivity contribution in [2.45, 2.75) is 44.1 Å². The van der Waals surface area contributed by atoms with Crippen LogP contribution in [0.5, 0.6) is 0 Å². The number of rotatable bonds is 4. The maximum atomic E-state index is 13.6. The molecule has 2 rings (SSSR count). The van der Waals surface area contributed by atoms with Gasteiger partial charge < -0.3 is 0 Å². The number of nitrogens with two attached hydrogens (primary N) is 1. The zero-order valence-electron chi connectivity index (χ0n) is 11.0. The zero-order chi connectivity index (χ0) is 14.8. The lowest BCUT2D eigenvalue weighted by Gasteiger charge is -2.33. The summed E-state index contributed by atoms with van der Waals surface area (Å²) in [5.41, 5.74) is 2.77. The van der Waals surface area contributed by atoms with Crippen molar-refractivity contribution in [2.24, 2.45) is 11.8 Å². The van der Waals surface area contributed by atoms with Gasteiger partial charge in [0.1, 0.15) is 11.6 Å². The summed E-state index contributed by atoms with van der Waals surface area (Å²) < 4.78 is 53.0. The van der Waals surface area contributed by atoms with Crippen LogP contribution in [0.3, 0.4) is 0 Å². The van der Waals surface area contributed by atoms with Gasteiger partial charge in [0, 0.05) is 18.9 Å². The molecule has 2 nitrogen and oxygen atoms in total. The van der Waals surface area contributed by atoms with E-state index in [0.29, 0.717) is 12.8 Å². The Morgan fingerprint density at radius 2 is 1.90 bits per heavy atom. The Labute approximate surface area is 115 Å². The molecule has 20 heavy (non-hydrogen) atoms. The van der Waals surface area contributed by atoms with Gasteiger partial charge in [-0.3, -0.25) is 11.3 Å². The third-order valence-electron chi connectivity index (χ3n) is 3.99. The first kappa shape index (κ1) is 15.3. The number of halogens is 4. The fourth-order valence-corrected chi connectivity index (χ4v) is 2.76. The van der Waals surface area contributed by atoms with Gasteiger partial charge in [0.05, 0.1) is 0 Å². The van der Waals surface area contributed by atoms with Gasteiger partial charge in [0.2, 0.25) is 5.92 Å². The molecular formula is C14H18F4N2. The van der Waals surface area contributed by atoms with Crippen molar-refractivity contribution in [3.8, 4) is 0 Å². The summed E-state index contributed by atoms with van der Waals surface area (Å²) in [5, 5.41) is 0. The smallest absolute Gasteiger partial charge is 0.248 e. The normalized spacial score (nSPS) is 20.9. The molecule has 112 valence electrons. The number of hydrogen-bond donors (Lipinski definition) is 2. The van der Waals surface area contributed by atoms with Crippen LogP contribution in [0.1, 0.15) is 31.2 Å². The predicted octanol–water partition coefficient (Wildman–Crippen LogP) is 3.16. The van der Waals surface area contributed by atoms with Gasteiger partial charge in [-0.25, -0.2) is 17.6 Å². The molecule has 1 aliphatic carbocycles. The summed E-state index contributed by atoms with van der Waals surface area (Å²) in [5.74, 6) is 1.76. The Balaban J connectivity index is 2.04. The monoisotopic (exact) mass is 290 g/mol. The Bertz CT molecular complexity index is 454. The highest BCUT2D eigenvalue weighted by Gasteiger charge is 2.37. The molecule has 1 aromatic carbocycles. The quantitative estimate of drug-likeness (QED) is 0.508. The van der Waals surface area contributed by atoms with Crippen LogP contribution in [0.2, 0.25) is 0 Å². The van der Waals surface area contributed by atoms with Crippen LogP contribution in [0, 0.1) is 17.6 Å². The molecule has 6 heteroatoms. The summed E-state index contributed by atoms with van der Waals surface area (Å²) in [6.45, 7) is 0. The molecule has 3 N–H and O–H groups in total. The highest BCUT2D eigenvalue weighted by atomic mass is 19.3. The van der Waals surface area contributed by atoms with Crippen molar-refractivity contribution >= 4 is 0 Å². The fourth-order valence-electron chi connectivity index (χ4n) is 2.76. The number of hydrazine groups is 1. The molecule has 1 aromatic rings. The molecule has 0 radical (unpaired) electrons.